The Bertz CT molecular complexity index is 412. The van der Waals surface area contributed by atoms with E-state index in [9.17, 15) is 9.59 Å². The summed E-state index contributed by atoms with van der Waals surface area (Å²) in [5.41, 5.74) is 6.39. The number of aromatic carboxylic acids is 1. The zero-order valence-electron chi connectivity index (χ0n) is 9.81. The number of nitrogens with one attached hydrogen (secondary N) is 1. The van der Waals surface area contributed by atoms with Gasteiger partial charge in [0, 0.05) is 5.69 Å². The molecule has 92 valence electrons. The predicted octanol–water partition coefficient (Wildman–Crippen LogP) is 1.31. The van der Waals surface area contributed by atoms with Crippen molar-refractivity contribution < 1.29 is 14.7 Å². The van der Waals surface area contributed by atoms with E-state index >= 15 is 0 Å². The number of carboxylic acids is 1. The summed E-state index contributed by atoms with van der Waals surface area (Å²) in [5, 5.41) is 11.3. The van der Waals surface area contributed by atoms with Crippen molar-refractivity contribution in [1.82, 2.24) is 0 Å². The van der Waals surface area contributed by atoms with E-state index in [-0.39, 0.29) is 17.4 Å². The van der Waals surface area contributed by atoms with Crippen molar-refractivity contribution in [3.63, 3.8) is 0 Å². The van der Waals surface area contributed by atoms with E-state index < -0.39 is 12.0 Å². The molecule has 1 rings (SSSR count). The Kier molecular flexibility index (Phi) is 4.23. The van der Waals surface area contributed by atoms with Crippen LogP contribution >= 0.6 is 0 Å². The molecule has 0 spiro atoms. The summed E-state index contributed by atoms with van der Waals surface area (Å²) in [7, 11) is 0. The lowest BCUT2D eigenvalue weighted by molar-refractivity contribution is -0.118. The summed E-state index contributed by atoms with van der Waals surface area (Å²) >= 11 is 0. The molecule has 1 aromatic carbocycles. The molecule has 0 bridgehead atoms. The van der Waals surface area contributed by atoms with Crippen LogP contribution < -0.4 is 11.1 Å². The van der Waals surface area contributed by atoms with Gasteiger partial charge in [0.2, 0.25) is 5.91 Å². The number of hydrogen-bond acceptors (Lipinski definition) is 3. The summed E-state index contributed by atoms with van der Waals surface area (Å²) in [6, 6.07) is 5.36. The van der Waals surface area contributed by atoms with Gasteiger partial charge in [-0.2, -0.15) is 0 Å². The maximum Gasteiger partial charge on any atom is 0.335 e. The highest BCUT2D eigenvalue weighted by atomic mass is 16.4. The van der Waals surface area contributed by atoms with Crippen LogP contribution in [-0.4, -0.2) is 23.0 Å². The molecule has 0 radical (unpaired) electrons. The Morgan fingerprint density at radius 2 is 1.76 bits per heavy atom. The molecule has 0 aliphatic heterocycles. The Balaban J connectivity index is 2.70. The third-order valence-corrected chi connectivity index (χ3v) is 2.42. The molecule has 5 heteroatoms. The molecule has 0 saturated carbocycles. The molecule has 5 nitrogen and oxygen atoms in total. The summed E-state index contributed by atoms with van der Waals surface area (Å²) in [6.07, 6.45) is 0. The molecule has 4 N–H and O–H groups in total. The molecular weight excluding hydrogens is 220 g/mol. The lowest BCUT2D eigenvalue weighted by atomic mass is 10.0. The second-order valence-corrected chi connectivity index (χ2v) is 4.14. The van der Waals surface area contributed by atoms with Crippen molar-refractivity contribution >= 4 is 17.6 Å². The number of benzene rings is 1. The van der Waals surface area contributed by atoms with Gasteiger partial charge in [-0.1, -0.05) is 13.8 Å². The van der Waals surface area contributed by atoms with E-state index in [1.54, 1.807) is 0 Å². The van der Waals surface area contributed by atoms with Crippen molar-refractivity contribution in [3.8, 4) is 0 Å². The van der Waals surface area contributed by atoms with Crippen molar-refractivity contribution in [2.45, 2.75) is 19.9 Å². The van der Waals surface area contributed by atoms with Gasteiger partial charge in [-0.15, -0.1) is 0 Å². The maximum atomic E-state index is 11.6. The molecule has 17 heavy (non-hydrogen) atoms. The molecular formula is C12H16N2O3. The number of anilines is 1. The third kappa shape index (κ3) is 3.57. The lowest BCUT2D eigenvalue weighted by Gasteiger charge is -2.15. The van der Waals surface area contributed by atoms with Gasteiger partial charge in [0.05, 0.1) is 11.6 Å². The van der Waals surface area contributed by atoms with Gasteiger partial charge in [-0.25, -0.2) is 4.79 Å². The van der Waals surface area contributed by atoms with Crippen molar-refractivity contribution in [2.24, 2.45) is 11.7 Å². The molecule has 1 aromatic rings. The number of carboxylic acid groups (broad SMARTS) is 1. The number of carbonyl (C=O) groups excluding carboxylic acids is 1. The highest BCUT2D eigenvalue weighted by Crippen LogP contribution is 2.11. The first-order valence-corrected chi connectivity index (χ1v) is 5.31. The molecule has 0 heterocycles. The highest BCUT2D eigenvalue weighted by molar-refractivity contribution is 5.95. The van der Waals surface area contributed by atoms with E-state index in [0.29, 0.717) is 5.69 Å². The van der Waals surface area contributed by atoms with Gasteiger partial charge in [0.1, 0.15) is 0 Å². The van der Waals surface area contributed by atoms with E-state index in [4.69, 9.17) is 10.8 Å². The van der Waals surface area contributed by atoms with Gasteiger partial charge in [0.15, 0.2) is 0 Å². The SMILES string of the molecule is CC(C)[C@H](N)C(=O)Nc1ccc(C(=O)O)cc1. The fourth-order valence-electron chi connectivity index (χ4n) is 1.22. The Morgan fingerprint density at radius 3 is 2.18 bits per heavy atom. The standard InChI is InChI=1S/C12H16N2O3/c1-7(2)10(13)11(15)14-9-5-3-8(4-6-9)12(16)17/h3-7,10H,13H2,1-2H3,(H,14,15)(H,16,17)/t10-/m0/s1. The molecule has 0 unspecified atom stereocenters. The third-order valence-electron chi connectivity index (χ3n) is 2.42. The van der Waals surface area contributed by atoms with E-state index in [1.807, 2.05) is 13.8 Å². The lowest BCUT2D eigenvalue weighted by Crippen LogP contribution is -2.39. The molecule has 1 atom stereocenters. The minimum absolute atomic E-state index is 0.0493. The normalized spacial score (nSPS) is 12.2. The fourth-order valence-corrected chi connectivity index (χ4v) is 1.22. The second-order valence-electron chi connectivity index (χ2n) is 4.14. The molecule has 0 aliphatic carbocycles. The fraction of sp³-hybridized carbons (Fsp3) is 0.333. The van der Waals surface area contributed by atoms with E-state index in [2.05, 4.69) is 5.32 Å². The Morgan fingerprint density at radius 1 is 1.24 bits per heavy atom. The van der Waals surface area contributed by atoms with Crippen LogP contribution in [0, 0.1) is 5.92 Å². The first-order chi connectivity index (χ1) is 7.91. The van der Waals surface area contributed by atoms with Gasteiger partial charge in [-0.05, 0) is 30.2 Å². The molecule has 0 aliphatic rings. The average molecular weight is 236 g/mol. The highest BCUT2D eigenvalue weighted by Gasteiger charge is 2.17. The quantitative estimate of drug-likeness (QED) is 0.734. The van der Waals surface area contributed by atoms with E-state index in [1.165, 1.54) is 24.3 Å². The van der Waals surface area contributed by atoms with Crippen LogP contribution in [-0.2, 0) is 4.79 Å². The smallest absolute Gasteiger partial charge is 0.335 e. The van der Waals surface area contributed by atoms with Gasteiger partial charge < -0.3 is 16.2 Å². The van der Waals surface area contributed by atoms with Gasteiger partial charge >= 0.3 is 5.97 Å². The minimum atomic E-state index is -0.998. The van der Waals surface area contributed by atoms with Crippen LogP contribution in [0.3, 0.4) is 0 Å². The summed E-state index contributed by atoms with van der Waals surface area (Å²) in [4.78, 5) is 22.2. The van der Waals surface area contributed by atoms with Crippen LogP contribution in [0.2, 0.25) is 0 Å². The topological polar surface area (TPSA) is 92.4 Å². The number of hydrogen-bond donors (Lipinski definition) is 3. The zero-order chi connectivity index (χ0) is 13.0. The van der Waals surface area contributed by atoms with Crippen molar-refractivity contribution in [3.05, 3.63) is 29.8 Å². The van der Waals surface area contributed by atoms with Crippen LogP contribution in [0.1, 0.15) is 24.2 Å². The molecule has 0 fully saturated rings. The van der Waals surface area contributed by atoms with Crippen molar-refractivity contribution in [2.75, 3.05) is 5.32 Å². The summed E-state index contributed by atoms with van der Waals surface area (Å²) < 4.78 is 0. The Hall–Kier alpha value is -1.88. The number of nitrogens with two attached hydrogens (primary N) is 1. The predicted molar refractivity (Wildman–Crippen MR) is 64.8 cm³/mol. The first kappa shape index (κ1) is 13.2. The van der Waals surface area contributed by atoms with Gasteiger partial charge in [-0.3, -0.25) is 4.79 Å². The van der Waals surface area contributed by atoms with Crippen LogP contribution in [0.25, 0.3) is 0 Å². The largest absolute Gasteiger partial charge is 0.478 e. The number of carbonyl (C=O) groups is 2. The number of rotatable bonds is 4. The van der Waals surface area contributed by atoms with Crippen LogP contribution in [0.5, 0.6) is 0 Å². The zero-order valence-corrected chi connectivity index (χ0v) is 9.81. The minimum Gasteiger partial charge on any atom is -0.478 e. The molecule has 1 amide bonds. The number of amides is 1. The molecule has 0 aromatic heterocycles. The summed E-state index contributed by atoms with van der Waals surface area (Å²) in [6.45, 7) is 3.72. The van der Waals surface area contributed by atoms with Gasteiger partial charge in [0.25, 0.3) is 0 Å². The molecule has 0 saturated heterocycles. The second kappa shape index (κ2) is 5.45. The maximum absolute atomic E-state index is 11.6. The monoisotopic (exact) mass is 236 g/mol. The van der Waals surface area contributed by atoms with Crippen LogP contribution in [0.4, 0.5) is 5.69 Å². The van der Waals surface area contributed by atoms with Crippen LogP contribution in [0.15, 0.2) is 24.3 Å². The first-order valence-electron chi connectivity index (χ1n) is 5.31. The van der Waals surface area contributed by atoms with E-state index in [0.717, 1.165) is 0 Å². The van der Waals surface area contributed by atoms with Crippen molar-refractivity contribution in [1.29, 1.82) is 0 Å². The average Bonchev–Trinajstić information content (AvgIpc) is 2.28. The summed E-state index contributed by atoms with van der Waals surface area (Å²) in [5.74, 6) is -1.22. The Labute approximate surface area is 99.6 Å².